The van der Waals surface area contributed by atoms with E-state index in [0.717, 1.165) is 30.6 Å². The lowest BCUT2D eigenvalue weighted by Crippen LogP contribution is -2.27. The number of nitrogens with zero attached hydrogens (tertiary/aromatic N) is 1. The van der Waals surface area contributed by atoms with E-state index in [0.29, 0.717) is 5.92 Å². The maximum Gasteiger partial charge on any atom is 0.0346 e. The van der Waals surface area contributed by atoms with Gasteiger partial charge in [0, 0.05) is 18.3 Å². The molecule has 0 aliphatic heterocycles. The van der Waals surface area contributed by atoms with Crippen LogP contribution in [0.2, 0.25) is 0 Å². The molecule has 1 heterocycles. The number of benzene rings is 1. The van der Waals surface area contributed by atoms with Crippen LogP contribution in [-0.2, 0) is 0 Å². The molecule has 1 nitrogen and oxygen atoms in total. The van der Waals surface area contributed by atoms with Gasteiger partial charge >= 0.3 is 0 Å². The fourth-order valence-corrected chi connectivity index (χ4v) is 7.44. The number of pyridine rings is 1. The molecule has 5 aliphatic carbocycles. The van der Waals surface area contributed by atoms with Crippen molar-refractivity contribution in [2.75, 3.05) is 0 Å². The van der Waals surface area contributed by atoms with Gasteiger partial charge in [0.25, 0.3) is 0 Å². The van der Waals surface area contributed by atoms with Gasteiger partial charge in [-0.1, -0.05) is 90.4 Å². The Kier molecular flexibility index (Phi) is 5.30. The molecule has 2 unspecified atom stereocenters. The summed E-state index contributed by atoms with van der Waals surface area (Å²) in [5.74, 6) is 2.99. The second-order valence-electron chi connectivity index (χ2n) is 10.9. The first kappa shape index (κ1) is 21.1. The normalized spacial score (nSPS) is 29.1. The topological polar surface area (TPSA) is 12.9 Å². The van der Waals surface area contributed by atoms with Crippen LogP contribution in [0, 0.1) is 23.7 Å². The number of hydrogen-bond donors (Lipinski definition) is 0. The highest BCUT2D eigenvalue weighted by Gasteiger charge is 2.44. The molecule has 0 N–H and O–H groups in total. The van der Waals surface area contributed by atoms with E-state index in [4.69, 9.17) is 0 Å². The van der Waals surface area contributed by atoms with Crippen LogP contribution in [0.5, 0.6) is 0 Å². The van der Waals surface area contributed by atoms with Crippen LogP contribution in [0.15, 0.2) is 114 Å². The Morgan fingerprint density at radius 2 is 1.77 bits per heavy atom. The van der Waals surface area contributed by atoms with E-state index in [2.05, 4.69) is 77.8 Å². The van der Waals surface area contributed by atoms with Gasteiger partial charge in [-0.3, -0.25) is 4.98 Å². The van der Waals surface area contributed by atoms with Gasteiger partial charge in [0.1, 0.15) is 0 Å². The second kappa shape index (κ2) is 8.79. The Labute approximate surface area is 209 Å². The number of fused-ring (bicyclic) bond motifs is 2. The molecule has 7 rings (SSSR count). The molecule has 2 aromatic rings. The smallest absolute Gasteiger partial charge is 0.0346 e. The largest absolute Gasteiger partial charge is 0.264 e. The highest BCUT2D eigenvalue weighted by Crippen LogP contribution is 2.56. The minimum atomic E-state index is 0.559. The van der Waals surface area contributed by atoms with E-state index in [1.54, 1.807) is 16.7 Å². The molecule has 35 heavy (non-hydrogen) atoms. The molecule has 0 saturated heterocycles. The van der Waals surface area contributed by atoms with Gasteiger partial charge in [0.2, 0.25) is 0 Å². The molecular weight excluding hydrogens is 422 g/mol. The summed E-state index contributed by atoms with van der Waals surface area (Å²) >= 11 is 0. The first-order valence-electron chi connectivity index (χ1n) is 13.5. The molecule has 4 atom stereocenters. The Morgan fingerprint density at radius 3 is 2.60 bits per heavy atom. The van der Waals surface area contributed by atoms with Crippen molar-refractivity contribution in [2.24, 2.45) is 23.7 Å². The van der Waals surface area contributed by atoms with Crippen LogP contribution < -0.4 is 0 Å². The van der Waals surface area contributed by atoms with Gasteiger partial charge < -0.3 is 0 Å². The molecule has 174 valence electrons. The van der Waals surface area contributed by atoms with Crippen LogP contribution in [0.4, 0.5) is 0 Å². The molecule has 1 heteroatoms. The van der Waals surface area contributed by atoms with E-state index >= 15 is 0 Å². The van der Waals surface area contributed by atoms with Crippen LogP contribution >= 0.6 is 0 Å². The Hall–Kier alpha value is -3.19. The third kappa shape index (κ3) is 3.73. The lowest BCUT2D eigenvalue weighted by atomic mass is 9.68. The molecular formula is C34H33N. The number of aromatic nitrogens is 1. The molecule has 0 spiro atoms. The standard InChI is InChI=1S/C34H33N/c1-4-28-5-2-8-33-31-20-18-26(17-19-30(31)32(7-1)34(28)33)25-11-9-23(10-12-25)24-13-15-27(16-14-24)29-6-3-21-35-22-29/h1,3-4,6-7,9-11,13-17,21-22,25,28,33-34H,2,5,8,12,18-20H2/t25?,28-,33-,34?/m0/s1. The van der Waals surface area contributed by atoms with Crippen molar-refractivity contribution in [3.05, 3.63) is 119 Å². The van der Waals surface area contributed by atoms with Gasteiger partial charge in [-0.05, 0) is 95.8 Å². The van der Waals surface area contributed by atoms with Crippen LogP contribution in [0.25, 0.3) is 16.7 Å². The van der Waals surface area contributed by atoms with E-state index < -0.39 is 0 Å². The van der Waals surface area contributed by atoms with E-state index in [9.17, 15) is 0 Å². The Bertz CT molecular complexity index is 1310. The maximum atomic E-state index is 4.25. The first-order valence-corrected chi connectivity index (χ1v) is 13.5. The molecule has 5 aliphatic rings. The van der Waals surface area contributed by atoms with E-state index in [1.807, 2.05) is 24.0 Å². The monoisotopic (exact) mass is 455 g/mol. The predicted molar refractivity (Wildman–Crippen MR) is 145 cm³/mol. The molecule has 1 fully saturated rings. The summed E-state index contributed by atoms with van der Waals surface area (Å²) < 4.78 is 0. The van der Waals surface area contributed by atoms with Crippen LogP contribution in [0.3, 0.4) is 0 Å². The van der Waals surface area contributed by atoms with Gasteiger partial charge in [-0.25, -0.2) is 0 Å². The summed E-state index contributed by atoms with van der Waals surface area (Å²) in [6, 6.07) is 13.0. The lowest BCUT2D eigenvalue weighted by Gasteiger charge is -2.36. The molecule has 0 amide bonds. The fraction of sp³-hybridized carbons (Fsp3) is 0.324. The summed E-state index contributed by atoms with van der Waals surface area (Å²) in [6.07, 6.45) is 29.9. The average Bonchev–Trinajstić information content (AvgIpc) is 3.08. The zero-order valence-corrected chi connectivity index (χ0v) is 20.4. The van der Waals surface area contributed by atoms with E-state index in [-0.39, 0.29) is 0 Å². The summed E-state index contributed by atoms with van der Waals surface area (Å²) in [7, 11) is 0. The van der Waals surface area contributed by atoms with Gasteiger partial charge in [0.05, 0.1) is 0 Å². The maximum absolute atomic E-state index is 4.25. The fourth-order valence-electron chi connectivity index (χ4n) is 7.44. The lowest BCUT2D eigenvalue weighted by molar-refractivity contribution is 0.258. The molecule has 1 saturated carbocycles. The summed E-state index contributed by atoms with van der Waals surface area (Å²) in [4.78, 5) is 4.25. The van der Waals surface area contributed by atoms with Crippen LogP contribution in [-0.4, -0.2) is 4.98 Å². The van der Waals surface area contributed by atoms with E-state index in [1.165, 1.54) is 54.4 Å². The van der Waals surface area contributed by atoms with Crippen molar-refractivity contribution in [2.45, 2.75) is 44.9 Å². The molecule has 1 aromatic carbocycles. The third-order valence-electron chi connectivity index (χ3n) is 9.16. The number of hydrogen-bond acceptors (Lipinski definition) is 1. The van der Waals surface area contributed by atoms with Crippen molar-refractivity contribution in [1.29, 1.82) is 0 Å². The molecule has 1 aromatic heterocycles. The Morgan fingerprint density at radius 1 is 0.857 bits per heavy atom. The third-order valence-corrected chi connectivity index (χ3v) is 9.16. The predicted octanol–water partition coefficient (Wildman–Crippen LogP) is 8.66. The highest BCUT2D eigenvalue weighted by molar-refractivity contribution is 5.77. The van der Waals surface area contributed by atoms with Crippen molar-refractivity contribution in [1.82, 2.24) is 4.98 Å². The Balaban J connectivity index is 1.05. The highest BCUT2D eigenvalue weighted by atomic mass is 14.6. The van der Waals surface area contributed by atoms with Gasteiger partial charge in [-0.15, -0.1) is 0 Å². The average molecular weight is 456 g/mol. The minimum Gasteiger partial charge on any atom is -0.264 e. The minimum absolute atomic E-state index is 0.559. The zero-order chi connectivity index (χ0) is 23.2. The van der Waals surface area contributed by atoms with Gasteiger partial charge in [0.15, 0.2) is 0 Å². The summed E-state index contributed by atoms with van der Waals surface area (Å²) in [5.41, 5.74) is 11.9. The molecule has 0 bridgehead atoms. The molecule has 0 radical (unpaired) electrons. The van der Waals surface area contributed by atoms with Crippen molar-refractivity contribution in [3.8, 4) is 11.1 Å². The van der Waals surface area contributed by atoms with Crippen molar-refractivity contribution in [3.63, 3.8) is 0 Å². The summed E-state index contributed by atoms with van der Waals surface area (Å²) in [5, 5.41) is 0. The summed E-state index contributed by atoms with van der Waals surface area (Å²) in [6.45, 7) is 0. The quantitative estimate of drug-likeness (QED) is 0.422. The number of rotatable bonds is 3. The number of allylic oxidation sites excluding steroid dienone is 12. The second-order valence-corrected chi connectivity index (χ2v) is 10.9. The van der Waals surface area contributed by atoms with Gasteiger partial charge in [-0.2, -0.15) is 0 Å². The zero-order valence-electron chi connectivity index (χ0n) is 20.4. The van der Waals surface area contributed by atoms with Crippen molar-refractivity contribution < 1.29 is 0 Å². The first-order chi connectivity index (χ1) is 17.3. The van der Waals surface area contributed by atoms with Crippen molar-refractivity contribution >= 4 is 5.57 Å². The SMILES string of the molecule is C1=C[C@H]2CCC[C@H]3C4=C(CC=C(C5C=CC(c6ccc(-c7cccnc7)cc6)=CC5)CC4)C(=C1)C23. The van der Waals surface area contributed by atoms with Crippen LogP contribution in [0.1, 0.15) is 50.5 Å².